The SMILES string of the molecule is CCCOc1ccc(/C=C/C(=O)N2CCN(C(C)C)CC2)cc1OCC. The number of nitrogens with zero attached hydrogens (tertiary/aromatic N) is 2. The van der Waals surface area contributed by atoms with E-state index in [0.29, 0.717) is 19.3 Å². The number of ether oxygens (including phenoxy) is 2. The van der Waals surface area contributed by atoms with Gasteiger partial charge in [0.05, 0.1) is 13.2 Å². The van der Waals surface area contributed by atoms with Gasteiger partial charge in [-0.05, 0) is 51.0 Å². The van der Waals surface area contributed by atoms with E-state index in [0.717, 1.165) is 49.7 Å². The summed E-state index contributed by atoms with van der Waals surface area (Å²) in [6, 6.07) is 6.32. The van der Waals surface area contributed by atoms with Crippen LogP contribution < -0.4 is 9.47 Å². The summed E-state index contributed by atoms with van der Waals surface area (Å²) in [5, 5.41) is 0. The second-order valence-corrected chi connectivity index (χ2v) is 6.78. The molecule has 5 heteroatoms. The molecule has 144 valence electrons. The van der Waals surface area contributed by atoms with E-state index < -0.39 is 0 Å². The molecule has 1 aromatic rings. The molecule has 2 rings (SSSR count). The summed E-state index contributed by atoms with van der Waals surface area (Å²) >= 11 is 0. The van der Waals surface area contributed by atoms with Gasteiger partial charge in [0, 0.05) is 38.3 Å². The minimum atomic E-state index is 0.0673. The molecule has 0 bridgehead atoms. The minimum Gasteiger partial charge on any atom is -0.490 e. The van der Waals surface area contributed by atoms with Gasteiger partial charge in [-0.15, -0.1) is 0 Å². The van der Waals surface area contributed by atoms with E-state index in [1.54, 1.807) is 6.08 Å². The number of carbonyl (C=O) groups is 1. The van der Waals surface area contributed by atoms with Crippen molar-refractivity contribution in [3.8, 4) is 11.5 Å². The Labute approximate surface area is 157 Å². The van der Waals surface area contributed by atoms with Crippen LogP contribution in [0.15, 0.2) is 24.3 Å². The maximum Gasteiger partial charge on any atom is 0.246 e. The second-order valence-electron chi connectivity index (χ2n) is 6.78. The van der Waals surface area contributed by atoms with E-state index in [9.17, 15) is 4.79 Å². The van der Waals surface area contributed by atoms with Crippen LogP contribution in [-0.2, 0) is 4.79 Å². The van der Waals surface area contributed by atoms with E-state index in [1.807, 2.05) is 36.1 Å². The van der Waals surface area contributed by atoms with Crippen LogP contribution in [0.3, 0.4) is 0 Å². The van der Waals surface area contributed by atoms with E-state index in [4.69, 9.17) is 9.47 Å². The van der Waals surface area contributed by atoms with Crippen LogP contribution >= 0.6 is 0 Å². The molecule has 0 N–H and O–H groups in total. The molecule has 0 saturated carbocycles. The van der Waals surface area contributed by atoms with Gasteiger partial charge in [0.1, 0.15) is 0 Å². The molecule has 1 aliphatic rings. The zero-order valence-electron chi connectivity index (χ0n) is 16.5. The Morgan fingerprint density at radius 2 is 1.85 bits per heavy atom. The van der Waals surface area contributed by atoms with Gasteiger partial charge in [-0.25, -0.2) is 0 Å². The molecule has 0 atom stereocenters. The molecule has 26 heavy (non-hydrogen) atoms. The number of hydrogen-bond donors (Lipinski definition) is 0. The quantitative estimate of drug-likeness (QED) is 0.666. The van der Waals surface area contributed by atoms with Gasteiger partial charge < -0.3 is 14.4 Å². The highest BCUT2D eigenvalue weighted by molar-refractivity contribution is 5.92. The number of amides is 1. The van der Waals surface area contributed by atoms with Crippen molar-refractivity contribution in [1.82, 2.24) is 9.80 Å². The first-order valence-electron chi connectivity index (χ1n) is 9.65. The predicted octanol–water partition coefficient (Wildman–Crippen LogP) is 3.44. The highest BCUT2D eigenvalue weighted by Gasteiger charge is 2.20. The fourth-order valence-electron chi connectivity index (χ4n) is 2.96. The third-order valence-corrected chi connectivity index (χ3v) is 4.50. The third-order valence-electron chi connectivity index (χ3n) is 4.50. The topological polar surface area (TPSA) is 42.0 Å². The Balaban J connectivity index is 1.98. The summed E-state index contributed by atoms with van der Waals surface area (Å²) < 4.78 is 11.4. The fourth-order valence-corrected chi connectivity index (χ4v) is 2.96. The van der Waals surface area contributed by atoms with Gasteiger partial charge in [0.15, 0.2) is 11.5 Å². The van der Waals surface area contributed by atoms with E-state index in [1.165, 1.54) is 0 Å². The maximum absolute atomic E-state index is 12.4. The van der Waals surface area contributed by atoms with E-state index in [-0.39, 0.29) is 5.91 Å². The Kier molecular flexibility index (Phi) is 7.98. The molecular weight excluding hydrogens is 328 g/mol. The molecule has 1 saturated heterocycles. The molecule has 0 aliphatic carbocycles. The lowest BCUT2D eigenvalue weighted by Gasteiger charge is -2.36. The standard InChI is InChI=1S/C21H32N2O3/c1-5-15-26-19-9-7-18(16-20(19)25-6-2)8-10-21(24)23-13-11-22(12-14-23)17(3)4/h7-10,16-17H,5-6,11-15H2,1-4H3/b10-8+. The van der Waals surface area contributed by atoms with E-state index >= 15 is 0 Å². The number of hydrogen-bond acceptors (Lipinski definition) is 4. The minimum absolute atomic E-state index is 0.0673. The number of benzene rings is 1. The van der Waals surface area contributed by atoms with Crippen molar-refractivity contribution in [2.45, 2.75) is 40.2 Å². The first-order chi connectivity index (χ1) is 12.5. The average Bonchev–Trinajstić information content (AvgIpc) is 2.65. The lowest BCUT2D eigenvalue weighted by Crippen LogP contribution is -2.50. The van der Waals surface area contributed by atoms with Crippen molar-refractivity contribution >= 4 is 12.0 Å². The fraction of sp³-hybridized carbons (Fsp3) is 0.571. The van der Waals surface area contributed by atoms with Gasteiger partial charge in [-0.1, -0.05) is 13.0 Å². The van der Waals surface area contributed by atoms with Gasteiger partial charge in [-0.2, -0.15) is 0 Å². The molecule has 1 fully saturated rings. The number of piperazine rings is 1. The van der Waals surface area contributed by atoms with Crippen molar-refractivity contribution in [3.63, 3.8) is 0 Å². The lowest BCUT2D eigenvalue weighted by molar-refractivity contribution is -0.127. The molecule has 1 heterocycles. The summed E-state index contributed by atoms with van der Waals surface area (Å²) in [7, 11) is 0. The van der Waals surface area contributed by atoms with Crippen LogP contribution in [0.1, 0.15) is 39.7 Å². The maximum atomic E-state index is 12.4. The molecule has 0 aromatic heterocycles. The molecule has 1 amide bonds. The predicted molar refractivity (Wildman–Crippen MR) is 106 cm³/mol. The smallest absolute Gasteiger partial charge is 0.246 e. The number of carbonyl (C=O) groups excluding carboxylic acids is 1. The van der Waals surface area contributed by atoms with Gasteiger partial charge in [0.2, 0.25) is 5.91 Å². The monoisotopic (exact) mass is 360 g/mol. The molecule has 1 aliphatic heterocycles. The van der Waals surface area contributed by atoms with Crippen LogP contribution in [0.25, 0.3) is 6.08 Å². The normalized spacial score (nSPS) is 15.7. The van der Waals surface area contributed by atoms with Crippen LogP contribution in [0.2, 0.25) is 0 Å². The van der Waals surface area contributed by atoms with Gasteiger partial charge in [-0.3, -0.25) is 9.69 Å². The highest BCUT2D eigenvalue weighted by Crippen LogP contribution is 2.29. The van der Waals surface area contributed by atoms with Crippen LogP contribution in [-0.4, -0.2) is 61.1 Å². The lowest BCUT2D eigenvalue weighted by atomic mass is 10.1. The zero-order chi connectivity index (χ0) is 18.9. The third kappa shape index (κ3) is 5.77. The molecule has 0 radical (unpaired) electrons. The Morgan fingerprint density at radius 1 is 1.12 bits per heavy atom. The van der Waals surface area contributed by atoms with Crippen LogP contribution in [0, 0.1) is 0 Å². The van der Waals surface area contributed by atoms with Crippen molar-refractivity contribution in [2.24, 2.45) is 0 Å². The molecule has 0 unspecified atom stereocenters. The second kappa shape index (κ2) is 10.2. The van der Waals surface area contributed by atoms with Gasteiger partial charge in [0.25, 0.3) is 0 Å². The molecular formula is C21H32N2O3. The Hall–Kier alpha value is -2.01. The van der Waals surface area contributed by atoms with Crippen LogP contribution in [0.4, 0.5) is 0 Å². The summed E-state index contributed by atoms with van der Waals surface area (Å²) in [6.07, 6.45) is 4.46. The van der Waals surface area contributed by atoms with Crippen molar-refractivity contribution < 1.29 is 14.3 Å². The van der Waals surface area contributed by atoms with Crippen molar-refractivity contribution in [3.05, 3.63) is 29.8 Å². The Bertz CT molecular complexity index is 605. The first kappa shape index (κ1) is 20.3. The van der Waals surface area contributed by atoms with Gasteiger partial charge >= 0.3 is 0 Å². The Morgan fingerprint density at radius 3 is 2.46 bits per heavy atom. The zero-order valence-corrected chi connectivity index (χ0v) is 16.5. The highest BCUT2D eigenvalue weighted by atomic mass is 16.5. The first-order valence-corrected chi connectivity index (χ1v) is 9.65. The van der Waals surface area contributed by atoms with E-state index in [2.05, 4.69) is 25.7 Å². The van der Waals surface area contributed by atoms with Crippen molar-refractivity contribution in [2.75, 3.05) is 39.4 Å². The van der Waals surface area contributed by atoms with Crippen molar-refractivity contribution in [1.29, 1.82) is 0 Å². The molecule has 0 spiro atoms. The number of rotatable bonds is 8. The summed E-state index contributed by atoms with van der Waals surface area (Å²) in [6.45, 7) is 13.1. The summed E-state index contributed by atoms with van der Waals surface area (Å²) in [4.78, 5) is 16.7. The molecule has 1 aromatic carbocycles. The van der Waals surface area contributed by atoms with Crippen LogP contribution in [0.5, 0.6) is 11.5 Å². The summed E-state index contributed by atoms with van der Waals surface area (Å²) in [5.74, 6) is 1.54. The largest absolute Gasteiger partial charge is 0.490 e. The summed E-state index contributed by atoms with van der Waals surface area (Å²) in [5.41, 5.74) is 0.937. The average molecular weight is 360 g/mol. The molecule has 5 nitrogen and oxygen atoms in total.